The quantitative estimate of drug-likeness (QED) is 0.814. The summed E-state index contributed by atoms with van der Waals surface area (Å²) < 4.78 is 0. The van der Waals surface area contributed by atoms with Crippen LogP contribution in [-0.2, 0) is 0 Å². The molecule has 0 aromatic heterocycles. The number of nitrogens with one attached hydrogen (secondary N) is 1. The molecule has 21 heavy (non-hydrogen) atoms. The number of benzene rings is 1. The third-order valence-corrected chi connectivity index (χ3v) is 6.09. The van der Waals surface area contributed by atoms with Crippen molar-refractivity contribution in [1.82, 2.24) is 5.32 Å². The summed E-state index contributed by atoms with van der Waals surface area (Å²) in [4.78, 5) is 13.0. The van der Waals surface area contributed by atoms with E-state index < -0.39 is 0 Å². The highest BCUT2D eigenvalue weighted by molar-refractivity contribution is 6.42. The van der Waals surface area contributed by atoms with Crippen molar-refractivity contribution >= 4 is 29.0 Å². The number of halogens is 2. The van der Waals surface area contributed by atoms with Crippen molar-refractivity contribution in [2.75, 3.05) is 0 Å². The van der Waals surface area contributed by atoms with Crippen LogP contribution in [0.2, 0.25) is 10.0 Å². The minimum Gasteiger partial charge on any atom is -0.307 e. The average molecular weight is 326 g/mol. The molecule has 0 spiro atoms. The number of carbonyl (C=O) groups excluding carboxylic acids is 1. The molecule has 2 bridgehead atoms. The van der Waals surface area contributed by atoms with E-state index in [9.17, 15) is 4.79 Å². The van der Waals surface area contributed by atoms with Crippen molar-refractivity contribution in [3.8, 4) is 0 Å². The summed E-state index contributed by atoms with van der Waals surface area (Å²) in [7, 11) is 0. The summed E-state index contributed by atoms with van der Waals surface area (Å²) in [5.41, 5.74) is 0.633. The number of carbonyl (C=O) groups is 1. The van der Waals surface area contributed by atoms with Crippen LogP contribution in [0.15, 0.2) is 18.2 Å². The lowest BCUT2D eigenvalue weighted by molar-refractivity contribution is 0.0677. The normalized spacial score (nSPS) is 31.7. The molecule has 2 fully saturated rings. The van der Waals surface area contributed by atoms with Gasteiger partial charge in [-0.15, -0.1) is 0 Å². The van der Waals surface area contributed by atoms with Gasteiger partial charge >= 0.3 is 0 Å². The van der Waals surface area contributed by atoms with Crippen molar-refractivity contribution in [3.63, 3.8) is 0 Å². The molecular formula is C17H21Cl2NO. The first-order valence-electron chi connectivity index (χ1n) is 7.71. The van der Waals surface area contributed by atoms with Gasteiger partial charge in [-0.2, -0.15) is 0 Å². The first-order valence-corrected chi connectivity index (χ1v) is 8.46. The maximum absolute atomic E-state index is 13.0. The van der Waals surface area contributed by atoms with Gasteiger partial charge < -0.3 is 5.32 Å². The van der Waals surface area contributed by atoms with Crippen LogP contribution in [0.3, 0.4) is 0 Å². The van der Waals surface area contributed by atoms with E-state index in [1.54, 1.807) is 18.2 Å². The zero-order valence-corrected chi connectivity index (χ0v) is 14.0. The molecule has 0 radical (unpaired) electrons. The zero-order valence-electron chi connectivity index (χ0n) is 12.5. The molecule has 0 saturated carbocycles. The second kappa shape index (κ2) is 5.57. The number of rotatable bonds is 3. The minimum absolute atomic E-state index is 0.0356. The highest BCUT2D eigenvalue weighted by atomic mass is 35.5. The number of ketones is 1. The van der Waals surface area contributed by atoms with Gasteiger partial charge in [-0.1, -0.05) is 37.0 Å². The summed E-state index contributed by atoms with van der Waals surface area (Å²) in [6.45, 7) is 4.44. The molecule has 0 aliphatic carbocycles. The summed E-state index contributed by atoms with van der Waals surface area (Å²) in [6.07, 6.45) is 4.33. The molecule has 2 aliphatic heterocycles. The van der Waals surface area contributed by atoms with Crippen molar-refractivity contribution in [1.29, 1.82) is 0 Å². The fourth-order valence-electron chi connectivity index (χ4n) is 4.13. The average Bonchev–Trinajstić information content (AvgIpc) is 2.80. The molecule has 3 atom stereocenters. The molecule has 2 nitrogen and oxygen atoms in total. The van der Waals surface area contributed by atoms with Gasteiger partial charge in [0.05, 0.1) is 10.0 Å². The van der Waals surface area contributed by atoms with Gasteiger partial charge in [0.2, 0.25) is 0 Å². The first kappa shape index (κ1) is 15.3. The van der Waals surface area contributed by atoms with E-state index in [0.717, 1.165) is 19.3 Å². The molecule has 1 aromatic carbocycles. The maximum Gasteiger partial charge on any atom is 0.167 e. The molecule has 114 valence electrons. The number of piperidine rings is 1. The standard InChI is InChI=1S/C17H21Cl2NO/c1-10(2)17-8-7-12(20-17)4-5-13(17)16(21)11-3-6-14(18)15(19)9-11/h3,6,9-10,12-13,20H,4-5,7-8H2,1-2H3. The summed E-state index contributed by atoms with van der Waals surface area (Å²) in [6, 6.07) is 5.81. The van der Waals surface area contributed by atoms with Gasteiger partial charge in [-0.3, -0.25) is 4.79 Å². The van der Waals surface area contributed by atoms with Crippen LogP contribution in [0.1, 0.15) is 49.9 Å². The monoisotopic (exact) mass is 325 g/mol. The molecule has 2 saturated heterocycles. The zero-order chi connectivity index (χ0) is 15.2. The Balaban J connectivity index is 1.94. The van der Waals surface area contributed by atoms with Crippen molar-refractivity contribution in [2.24, 2.45) is 11.8 Å². The Morgan fingerprint density at radius 3 is 2.67 bits per heavy atom. The van der Waals surface area contributed by atoms with E-state index in [1.807, 2.05) is 0 Å². The van der Waals surface area contributed by atoms with Crippen molar-refractivity contribution in [2.45, 2.75) is 51.1 Å². The van der Waals surface area contributed by atoms with Crippen LogP contribution in [0.5, 0.6) is 0 Å². The Hall–Kier alpha value is -0.570. The Morgan fingerprint density at radius 2 is 2.00 bits per heavy atom. The predicted octanol–water partition coefficient (Wildman–Crippen LogP) is 4.73. The van der Waals surface area contributed by atoms with Crippen LogP contribution >= 0.6 is 23.2 Å². The highest BCUT2D eigenvalue weighted by Gasteiger charge is 2.52. The first-order chi connectivity index (χ1) is 9.94. The molecule has 1 aromatic rings. The lowest BCUT2D eigenvalue weighted by atomic mass is 9.69. The highest BCUT2D eigenvalue weighted by Crippen LogP contribution is 2.45. The van der Waals surface area contributed by atoms with Gasteiger partial charge in [0.15, 0.2) is 5.78 Å². The predicted molar refractivity (Wildman–Crippen MR) is 87.2 cm³/mol. The molecule has 2 aliphatic rings. The minimum atomic E-state index is -0.0495. The number of fused-ring (bicyclic) bond motifs is 2. The molecule has 4 heteroatoms. The van der Waals surface area contributed by atoms with E-state index in [-0.39, 0.29) is 17.2 Å². The molecule has 3 rings (SSSR count). The molecule has 2 heterocycles. The SMILES string of the molecule is CC(C)C12CCC(CCC1C(=O)c1ccc(Cl)c(Cl)c1)N2. The van der Waals surface area contributed by atoms with Gasteiger partial charge in [-0.05, 0) is 49.8 Å². The second-order valence-corrected chi connectivity index (χ2v) is 7.51. The molecule has 0 amide bonds. The maximum atomic E-state index is 13.0. The smallest absolute Gasteiger partial charge is 0.167 e. The van der Waals surface area contributed by atoms with Crippen LogP contribution in [0.25, 0.3) is 0 Å². The van der Waals surface area contributed by atoms with Crippen molar-refractivity contribution in [3.05, 3.63) is 33.8 Å². The second-order valence-electron chi connectivity index (χ2n) is 6.70. The molecule has 1 N–H and O–H groups in total. The van der Waals surface area contributed by atoms with Gasteiger partial charge in [0.25, 0.3) is 0 Å². The fraction of sp³-hybridized carbons (Fsp3) is 0.588. The van der Waals surface area contributed by atoms with Gasteiger partial charge in [0.1, 0.15) is 0 Å². The van der Waals surface area contributed by atoms with Crippen LogP contribution in [0.4, 0.5) is 0 Å². The topological polar surface area (TPSA) is 29.1 Å². The summed E-state index contributed by atoms with van der Waals surface area (Å²) in [5.74, 6) is 0.683. The Morgan fingerprint density at radius 1 is 1.24 bits per heavy atom. The third-order valence-electron chi connectivity index (χ3n) is 5.36. The lowest BCUT2D eigenvalue weighted by Gasteiger charge is -2.44. The van der Waals surface area contributed by atoms with Gasteiger partial charge in [-0.25, -0.2) is 0 Å². The Bertz CT molecular complexity index is 572. The number of hydrogen-bond donors (Lipinski definition) is 1. The fourth-order valence-corrected chi connectivity index (χ4v) is 4.43. The summed E-state index contributed by atoms with van der Waals surface area (Å²) >= 11 is 12.0. The third kappa shape index (κ3) is 2.52. The van der Waals surface area contributed by atoms with Crippen LogP contribution < -0.4 is 5.32 Å². The number of hydrogen-bond acceptors (Lipinski definition) is 2. The molecule has 3 unspecified atom stereocenters. The molecular weight excluding hydrogens is 305 g/mol. The largest absolute Gasteiger partial charge is 0.307 e. The van der Waals surface area contributed by atoms with Crippen LogP contribution in [0, 0.1) is 11.8 Å². The lowest BCUT2D eigenvalue weighted by Crippen LogP contribution is -2.58. The Labute approximate surface area is 136 Å². The van der Waals surface area contributed by atoms with Crippen LogP contribution in [-0.4, -0.2) is 17.4 Å². The van der Waals surface area contributed by atoms with E-state index in [1.165, 1.54) is 6.42 Å². The Kier molecular flexibility index (Phi) is 4.06. The number of Topliss-reactive ketones (excluding diaryl/α,β-unsaturated/α-hetero) is 1. The van der Waals surface area contributed by atoms with E-state index in [0.29, 0.717) is 27.6 Å². The van der Waals surface area contributed by atoms with Crippen molar-refractivity contribution < 1.29 is 4.79 Å². The van der Waals surface area contributed by atoms with E-state index in [2.05, 4.69) is 19.2 Å². The van der Waals surface area contributed by atoms with E-state index in [4.69, 9.17) is 23.2 Å². The van der Waals surface area contributed by atoms with E-state index >= 15 is 0 Å². The van der Waals surface area contributed by atoms with Gasteiger partial charge in [0, 0.05) is 23.1 Å². The summed E-state index contributed by atoms with van der Waals surface area (Å²) in [5, 5.41) is 4.70.